The van der Waals surface area contributed by atoms with E-state index in [1.807, 2.05) is 0 Å². The molecule has 29 heavy (non-hydrogen) atoms. The Labute approximate surface area is 171 Å². The number of nitrogens with one attached hydrogen (secondary N) is 2. The van der Waals surface area contributed by atoms with E-state index in [4.69, 9.17) is 11.6 Å². The van der Waals surface area contributed by atoms with Gasteiger partial charge in [0.2, 0.25) is 0 Å². The minimum absolute atomic E-state index is 0.0327. The molecule has 0 bridgehead atoms. The molecule has 0 aliphatic carbocycles. The Balaban J connectivity index is 1.65. The van der Waals surface area contributed by atoms with Gasteiger partial charge in [0, 0.05) is 22.4 Å². The lowest BCUT2D eigenvalue weighted by Crippen LogP contribution is -2.35. The lowest BCUT2D eigenvalue weighted by Gasteiger charge is -2.32. The van der Waals surface area contributed by atoms with Crippen molar-refractivity contribution in [2.45, 2.75) is 24.7 Å². The van der Waals surface area contributed by atoms with Crippen molar-refractivity contribution in [2.75, 3.05) is 10.6 Å². The number of aromatic nitrogens is 2. The third kappa shape index (κ3) is 3.90. The Bertz CT molecular complexity index is 1050. The fourth-order valence-corrected chi connectivity index (χ4v) is 4.12. The zero-order valence-corrected chi connectivity index (χ0v) is 16.1. The Kier molecular flexibility index (Phi) is 4.91. The molecule has 4 rings (SSSR count). The summed E-state index contributed by atoms with van der Waals surface area (Å²) < 4.78 is 41.8. The van der Waals surface area contributed by atoms with Crippen molar-refractivity contribution in [3.8, 4) is 5.75 Å². The number of phenols is 1. The van der Waals surface area contributed by atoms with Gasteiger partial charge in [0.1, 0.15) is 11.6 Å². The molecule has 2 aromatic heterocycles. The number of alkyl halides is 3. The number of thiophene rings is 1. The summed E-state index contributed by atoms with van der Waals surface area (Å²) in [5, 5.41) is 21.2. The normalized spacial score (nSPS) is 18.8. The van der Waals surface area contributed by atoms with Crippen molar-refractivity contribution >= 4 is 40.4 Å². The smallest absolute Gasteiger partial charge is 0.410 e. The molecule has 0 radical (unpaired) electrons. The maximum absolute atomic E-state index is 13.7. The van der Waals surface area contributed by atoms with Crippen molar-refractivity contribution in [1.82, 2.24) is 9.78 Å². The molecule has 0 spiro atoms. The summed E-state index contributed by atoms with van der Waals surface area (Å²) in [6, 6.07) is 6.44. The van der Waals surface area contributed by atoms with E-state index in [-0.39, 0.29) is 34.4 Å². The number of carbonyl (C=O) groups is 1. The molecule has 1 aliphatic heterocycles. The SMILES string of the molecule is O=C(Nc1cc(Cl)ccc1O)c1cc2n(n1)[C@@H](C(F)(F)F)C[C@@H](c1cccs1)N2. The van der Waals surface area contributed by atoms with E-state index in [0.29, 0.717) is 0 Å². The van der Waals surface area contributed by atoms with Gasteiger partial charge in [-0.05, 0) is 29.6 Å². The first kappa shape index (κ1) is 19.6. The Hall–Kier alpha value is -2.72. The molecule has 1 aromatic carbocycles. The highest BCUT2D eigenvalue weighted by atomic mass is 35.5. The zero-order valence-electron chi connectivity index (χ0n) is 14.6. The van der Waals surface area contributed by atoms with Gasteiger partial charge < -0.3 is 15.7 Å². The molecule has 3 heterocycles. The molecule has 3 aromatic rings. The number of amides is 1. The van der Waals surface area contributed by atoms with E-state index in [9.17, 15) is 23.1 Å². The average Bonchev–Trinajstić information content (AvgIpc) is 3.32. The van der Waals surface area contributed by atoms with Crippen LogP contribution in [-0.4, -0.2) is 27.0 Å². The molecule has 0 unspecified atom stereocenters. The summed E-state index contributed by atoms with van der Waals surface area (Å²) in [6.45, 7) is 0. The second kappa shape index (κ2) is 7.27. The molecule has 1 aliphatic rings. The maximum atomic E-state index is 13.7. The van der Waals surface area contributed by atoms with Crippen LogP contribution in [0.3, 0.4) is 0 Å². The van der Waals surface area contributed by atoms with Gasteiger partial charge in [-0.2, -0.15) is 18.3 Å². The Morgan fingerprint density at radius 1 is 1.34 bits per heavy atom. The number of fused-ring (bicyclic) bond motifs is 1. The summed E-state index contributed by atoms with van der Waals surface area (Å²) in [7, 11) is 0. The number of rotatable bonds is 3. The summed E-state index contributed by atoms with van der Waals surface area (Å²) in [4.78, 5) is 13.3. The molecule has 3 N–H and O–H groups in total. The van der Waals surface area contributed by atoms with Crippen molar-refractivity contribution in [3.05, 3.63) is 57.4 Å². The number of hydrogen-bond donors (Lipinski definition) is 3. The predicted molar refractivity (Wildman–Crippen MR) is 104 cm³/mol. The van der Waals surface area contributed by atoms with E-state index < -0.39 is 24.2 Å². The first-order valence-corrected chi connectivity index (χ1v) is 9.74. The van der Waals surface area contributed by atoms with Gasteiger partial charge in [-0.3, -0.25) is 4.79 Å². The van der Waals surface area contributed by atoms with Crippen LogP contribution in [0.1, 0.15) is 33.9 Å². The number of aromatic hydroxyl groups is 1. The van der Waals surface area contributed by atoms with Crippen LogP contribution < -0.4 is 10.6 Å². The Morgan fingerprint density at radius 2 is 2.14 bits per heavy atom. The molecule has 2 atom stereocenters. The summed E-state index contributed by atoms with van der Waals surface area (Å²) in [6.07, 6.45) is -4.77. The quantitative estimate of drug-likeness (QED) is 0.486. The minimum Gasteiger partial charge on any atom is -0.506 e. The van der Waals surface area contributed by atoms with Gasteiger partial charge in [-0.1, -0.05) is 17.7 Å². The fraction of sp³-hybridized carbons (Fsp3) is 0.222. The lowest BCUT2D eigenvalue weighted by atomic mass is 10.0. The maximum Gasteiger partial charge on any atom is 0.410 e. The second-order valence-electron chi connectivity index (χ2n) is 6.48. The van der Waals surface area contributed by atoms with Gasteiger partial charge in [-0.25, -0.2) is 4.68 Å². The van der Waals surface area contributed by atoms with Crippen LogP contribution in [-0.2, 0) is 0 Å². The highest BCUT2D eigenvalue weighted by Gasteiger charge is 2.47. The van der Waals surface area contributed by atoms with Crippen molar-refractivity contribution in [2.24, 2.45) is 0 Å². The van der Waals surface area contributed by atoms with E-state index in [1.54, 1.807) is 17.5 Å². The molecule has 6 nitrogen and oxygen atoms in total. The van der Waals surface area contributed by atoms with Crippen molar-refractivity contribution in [1.29, 1.82) is 0 Å². The number of carbonyl (C=O) groups excluding carboxylic acids is 1. The second-order valence-corrected chi connectivity index (χ2v) is 7.90. The van der Waals surface area contributed by atoms with Crippen LogP contribution in [0.2, 0.25) is 5.02 Å². The van der Waals surface area contributed by atoms with Gasteiger partial charge in [0.25, 0.3) is 5.91 Å². The molecule has 152 valence electrons. The third-order valence-electron chi connectivity index (χ3n) is 4.52. The molecule has 11 heteroatoms. The minimum atomic E-state index is -4.53. The van der Waals surface area contributed by atoms with Gasteiger partial charge in [-0.15, -0.1) is 11.3 Å². The van der Waals surface area contributed by atoms with E-state index in [2.05, 4.69) is 15.7 Å². The van der Waals surface area contributed by atoms with Gasteiger partial charge in [0.05, 0.1) is 11.7 Å². The predicted octanol–water partition coefficient (Wildman–Crippen LogP) is 5.22. The average molecular weight is 443 g/mol. The van der Waals surface area contributed by atoms with Crippen LogP contribution in [0.5, 0.6) is 5.75 Å². The van der Waals surface area contributed by atoms with E-state index >= 15 is 0 Å². The molecular formula is C18H14ClF3N4O2S. The van der Waals surface area contributed by atoms with Crippen molar-refractivity contribution in [3.63, 3.8) is 0 Å². The largest absolute Gasteiger partial charge is 0.506 e. The lowest BCUT2D eigenvalue weighted by molar-refractivity contribution is -0.173. The first-order chi connectivity index (χ1) is 13.7. The highest BCUT2D eigenvalue weighted by molar-refractivity contribution is 7.10. The van der Waals surface area contributed by atoms with Gasteiger partial charge >= 0.3 is 6.18 Å². The molecular weight excluding hydrogens is 429 g/mol. The number of benzene rings is 1. The molecule has 0 fully saturated rings. The monoisotopic (exact) mass is 442 g/mol. The van der Waals surface area contributed by atoms with Gasteiger partial charge in [0.15, 0.2) is 11.7 Å². The first-order valence-electron chi connectivity index (χ1n) is 8.48. The number of hydrogen-bond acceptors (Lipinski definition) is 5. The third-order valence-corrected chi connectivity index (χ3v) is 5.74. The number of anilines is 2. The fourth-order valence-electron chi connectivity index (χ4n) is 3.16. The van der Waals surface area contributed by atoms with Crippen LogP contribution in [0.25, 0.3) is 0 Å². The summed E-state index contributed by atoms with van der Waals surface area (Å²) in [5.41, 5.74) is -0.182. The molecule has 0 saturated heterocycles. The van der Waals surface area contributed by atoms with Crippen LogP contribution in [0, 0.1) is 0 Å². The van der Waals surface area contributed by atoms with Crippen LogP contribution in [0.4, 0.5) is 24.7 Å². The van der Waals surface area contributed by atoms with Crippen LogP contribution in [0.15, 0.2) is 41.8 Å². The Morgan fingerprint density at radius 3 is 2.83 bits per heavy atom. The molecule has 1 amide bonds. The number of halogens is 4. The number of phenolic OH excluding ortho intramolecular Hbond substituents is 1. The topological polar surface area (TPSA) is 79.2 Å². The standard InChI is InChI=1S/C18H14ClF3N4O2S/c19-9-3-4-13(27)10(6-9)24-17(28)12-8-16-23-11(14-2-1-5-29-14)7-15(18(20,21)22)26(16)25-12/h1-6,8,11,15,23,27H,7H2,(H,24,28)/t11-,15+/m0/s1. The highest BCUT2D eigenvalue weighted by Crippen LogP contribution is 2.44. The number of nitrogens with zero attached hydrogens (tertiary/aromatic N) is 2. The van der Waals surface area contributed by atoms with E-state index in [1.165, 1.54) is 35.6 Å². The zero-order chi connectivity index (χ0) is 20.8. The summed E-state index contributed by atoms with van der Waals surface area (Å²) in [5.74, 6) is -0.895. The van der Waals surface area contributed by atoms with Crippen LogP contribution >= 0.6 is 22.9 Å². The summed E-state index contributed by atoms with van der Waals surface area (Å²) >= 11 is 7.20. The van der Waals surface area contributed by atoms with Crippen molar-refractivity contribution < 1.29 is 23.1 Å². The molecule has 0 saturated carbocycles. The van der Waals surface area contributed by atoms with E-state index in [0.717, 1.165) is 9.56 Å².